The maximum Gasteiger partial charge on any atom is 0.275 e. The van der Waals surface area contributed by atoms with E-state index >= 15 is 0 Å². The number of hydrogen-bond donors (Lipinski definition) is 1. The lowest BCUT2D eigenvalue weighted by Gasteiger charge is -2.13. The number of benzene rings is 2. The van der Waals surface area contributed by atoms with Gasteiger partial charge in [-0.1, -0.05) is 28.1 Å². The number of aryl methyl sites for hydroxylation is 1. The average molecular weight is 484 g/mol. The Balaban J connectivity index is 1.44. The third-order valence-electron chi connectivity index (χ3n) is 5.14. The molecule has 0 saturated carbocycles. The highest BCUT2D eigenvalue weighted by Gasteiger charge is 2.11. The average Bonchev–Trinajstić information content (AvgIpc) is 3.25. The van der Waals surface area contributed by atoms with Crippen LogP contribution >= 0.6 is 27.7 Å². The van der Waals surface area contributed by atoms with Gasteiger partial charge in [-0.3, -0.25) is 9.59 Å². The predicted octanol–water partition coefficient (Wildman–Crippen LogP) is 4.84. The molecule has 0 bridgehead atoms. The van der Waals surface area contributed by atoms with E-state index in [1.54, 1.807) is 16.3 Å². The Morgan fingerprint density at radius 1 is 1.07 bits per heavy atom. The zero-order valence-corrected chi connectivity index (χ0v) is 19.0. The van der Waals surface area contributed by atoms with E-state index in [4.69, 9.17) is 0 Å². The van der Waals surface area contributed by atoms with Crippen LogP contribution in [0, 0.1) is 0 Å². The molecular formula is C23H22BrN3O2S. The van der Waals surface area contributed by atoms with E-state index in [0.717, 1.165) is 21.1 Å². The molecule has 0 aliphatic heterocycles. The second kappa shape index (κ2) is 9.10. The van der Waals surface area contributed by atoms with Crippen molar-refractivity contribution < 1.29 is 4.79 Å². The summed E-state index contributed by atoms with van der Waals surface area (Å²) in [6.07, 6.45) is 4.90. The lowest BCUT2D eigenvalue weighted by atomic mass is 10.2. The molecule has 0 atom stereocenters. The van der Waals surface area contributed by atoms with Crippen molar-refractivity contribution in [1.82, 2.24) is 14.3 Å². The van der Waals surface area contributed by atoms with Gasteiger partial charge in [0.1, 0.15) is 5.52 Å². The van der Waals surface area contributed by atoms with Gasteiger partial charge in [0.2, 0.25) is 5.91 Å². The number of fused-ring (bicyclic) bond motifs is 3. The van der Waals surface area contributed by atoms with Crippen LogP contribution in [-0.2, 0) is 17.9 Å². The third kappa shape index (κ3) is 4.32. The first-order valence-electron chi connectivity index (χ1n) is 9.75. The van der Waals surface area contributed by atoms with Crippen molar-refractivity contribution in [3.8, 4) is 0 Å². The molecule has 0 aliphatic rings. The van der Waals surface area contributed by atoms with Gasteiger partial charge in [-0.15, -0.1) is 11.8 Å². The molecule has 0 saturated heterocycles. The Hall–Kier alpha value is -2.51. The van der Waals surface area contributed by atoms with Gasteiger partial charge in [-0.2, -0.15) is 0 Å². The number of carbonyl (C=O) groups excluding carboxylic acids is 1. The molecule has 4 rings (SSSR count). The molecule has 2 aromatic carbocycles. The standard InChI is InChI=1S/C23H22BrN3O2S/c1-30-18-9-6-16(7-10-18)15-25-22(28)5-3-13-27-21-14-17(24)8-11-19(21)26-12-2-4-20(26)23(27)29/h2,4,6-12,14H,3,5,13,15H2,1H3,(H,25,28). The maximum atomic E-state index is 13.0. The first-order chi connectivity index (χ1) is 14.6. The van der Waals surface area contributed by atoms with Crippen LogP contribution in [0.2, 0.25) is 0 Å². The van der Waals surface area contributed by atoms with Crippen LogP contribution in [0.5, 0.6) is 0 Å². The first-order valence-corrected chi connectivity index (χ1v) is 11.8. The fraction of sp³-hybridized carbons (Fsp3) is 0.217. The van der Waals surface area contributed by atoms with E-state index in [9.17, 15) is 9.59 Å². The van der Waals surface area contributed by atoms with E-state index in [-0.39, 0.29) is 11.5 Å². The van der Waals surface area contributed by atoms with Crippen molar-refractivity contribution in [1.29, 1.82) is 0 Å². The Labute approximate surface area is 187 Å². The third-order valence-corrected chi connectivity index (χ3v) is 6.37. The minimum atomic E-state index is -0.0418. The van der Waals surface area contributed by atoms with Crippen LogP contribution in [0.1, 0.15) is 18.4 Å². The lowest BCUT2D eigenvalue weighted by molar-refractivity contribution is -0.121. The molecule has 0 radical (unpaired) electrons. The molecule has 0 aliphatic carbocycles. The van der Waals surface area contributed by atoms with E-state index in [1.807, 2.05) is 59.3 Å². The Kier molecular flexibility index (Phi) is 6.29. The Bertz CT molecular complexity index is 1260. The van der Waals surface area contributed by atoms with E-state index < -0.39 is 0 Å². The fourth-order valence-electron chi connectivity index (χ4n) is 3.58. The predicted molar refractivity (Wildman–Crippen MR) is 126 cm³/mol. The van der Waals surface area contributed by atoms with E-state index in [0.29, 0.717) is 31.4 Å². The number of halogens is 1. The van der Waals surface area contributed by atoms with Crippen molar-refractivity contribution in [3.63, 3.8) is 0 Å². The molecule has 7 heteroatoms. The summed E-state index contributed by atoms with van der Waals surface area (Å²) < 4.78 is 4.60. The number of carbonyl (C=O) groups is 1. The summed E-state index contributed by atoms with van der Waals surface area (Å²) in [6.45, 7) is 1.00. The Morgan fingerprint density at radius 3 is 2.63 bits per heavy atom. The molecule has 1 N–H and O–H groups in total. The van der Waals surface area contributed by atoms with Crippen molar-refractivity contribution in [2.75, 3.05) is 6.26 Å². The minimum absolute atomic E-state index is 0.00811. The number of hydrogen-bond acceptors (Lipinski definition) is 3. The van der Waals surface area contributed by atoms with Crippen molar-refractivity contribution in [2.45, 2.75) is 30.8 Å². The summed E-state index contributed by atoms with van der Waals surface area (Å²) in [4.78, 5) is 26.5. The van der Waals surface area contributed by atoms with Gasteiger partial charge in [-0.25, -0.2) is 0 Å². The molecule has 2 heterocycles. The fourth-order valence-corrected chi connectivity index (χ4v) is 4.34. The number of nitrogens with zero attached hydrogens (tertiary/aromatic N) is 2. The SMILES string of the molecule is CSc1ccc(CNC(=O)CCCn2c(=O)c3cccn3c3ccc(Br)cc32)cc1. The van der Waals surface area contributed by atoms with Crippen LogP contribution < -0.4 is 10.9 Å². The monoisotopic (exact) mass is 483 g/mol. The molecule has 1 amide bonds. The summed E-state index contributed by atoms with van der Waals surface area (Å²) in [5, 5.41) is 2.96. The zero-order chi connectivity index (χ0) is 21.1. The molecule has 5 nitrogen and oxygen atoms in total. The van der Waals surface area contributed by atoms with Gasteiger partial charge < -0.3 is 14.3 Å². The quantitative estimate of drug-likeness (QED) is 0.382. The highest BCUT2D eigenvalue weighted by molar-refractivity contribution is 9.10. The largest absolute Gasteiger partial charge is 0.352 e. The van der Waals surface area contributed by atoms with Gasteiger partial charge in [0.15, 0.2) is 0 Å². The van der Waals surface area contributed by atoms with Crippen LogP contribution in [0.25, 0.3) is 16.6 Å². The summed E-state index contributed by atoms with van der Waals surface area (Å²) in [7, 11) is 0. The molecule has 0 spiro atoms. The maximum absolute atomic E-state index is 13.0. The van der Waals surface area contributed by atoms with E-state index in [1.165, 1.54) is 4.90 Å². The van der Waals surface area contributed by atoms with Gasteiger partial charge in [-0.05, 0) is 60.7 Å². The van der Waals surface area contributed by atoms with Gasteiger partial charge >= 0.3 is 0 Å². The van der Waals surface area contributed by atoms with Crippen molar-refractivity contribution in [3.05, 3.63) is 81.2 Å². The summed E-state index contributed by atoms with van der Waals surface area (Å²) in [5.74, 6) is -0.00811. The molecular weight excluding hydrogens is 462 g/mol. The topological polar surface area (TPSA) is 55.5 Å². The molecule has 30 heavy (non-hydrogen) atoms. The number of nitrogens with one attached hydrogen (secondary N) is 1. The zero-order valence-electron chi connectivity index (χ0n) is 16.6. The molecule has 4 aromatic rings. The highest BCUT2D eigenvalue weighted by Crippen LogP contribution is 2.21. The first kappa shape index (κ1) is 20.8. The summed E-state index contributed by atoms with van der Waals surface area (Å²) in [5.41, 5.74) is 3.50. The van der Waals surface area contributed by atoms with Crippen LogP contribution in [-0.4, -0.2) is 21.1 Å². The number of amides is 1. The summed E-state index contributed by atoms with van der Waals surface area (Å²) in [6, 6.07) is 17.8. The molecule has 0 fully saturated rings. The van der Waals surface area contributed by atoms with Crippen LogP contribution in [0.3, 0.4) is 0 Å². The van der Waals surface area contributed by atoms with Crippen molar-refractivity contribution >= 4 is 50.1 Å². The van der Waals surface area contributed by atoms with E-state index in [2.05, 4.69) is 33.4 Å². The number of rotatable bonds is 7. The molecule has 154 valence electrons. The van der Waals surface area contributed by atoms with Crippen LogP contribution in [0.4, 0.5) is 0 Å². The lowest BCUT2D eigenvalue weighted by Crippen LogP contribution is -2.25. The van der Waals surface area contributed by atoms with Gasteiger partial charge in [0.05, 0.1) is 11.0 Å². The van der Waals surface area contributed by atoms with Gasteiger partial charge in [0, 0.05) is 35.1 Å². The Morgan fingerprint density at radius 2 is 1.87 bits per heavy atom. The van der Waals surface area contributed by atoms with Crippen molar-refractivity contribution in [2.24, 2.45) is 0 Å². The normalized spacial score (nSPS) is 11.3. The highest BCUT2D eigenvalue weighted by atomic mass is 79.9. The number of aromatic nitrogens is 2. The second-order valence-electron chi connectivity index (χ2n) is 7.08. The second-order valence-corrected chi connectivity index (χ2v) is 8.88. The summed E-state index contributed by atoms with van der Waals surface area (Å²) >= 11 is 5.19. The van der Waals surface area contributed by atoms with Gasteiger partial charge in [0.25, 0.3) is 5.56 Å². The van der Waals surface area contributed by atoms with Crippen LogP contribution in [0.15, 0.2) is 75.0 Å². The molecule has 2 aromatic heterocycles. The minimum Gasteiger partial charge on any atom is -0.352 e. The number of thioether (sulfide) groups is 1. The molecule has 0 unspecified atom stereocenters. The smallest absolute Gasteiger partial charge is 0.275 e.